The van der Waals surface area contributed by atoms with Crippen LogP contribution in [0, 0.1) is 62.2 Å². The van der Waals surface area contributed by atoms with Crippen molar-refractivity contribution in [3.05, 3.63) is 316 Å². The first kappa shape index (κ1) is 87.3. The molecule has 0 aliphatic heterocycles. The predicted molar refractivity (Wildman–Crippen MR) is 500 cm³/mol. The molecule has 0 radical (unpaired) electrons. The Morgan fingerprint density at radius 3 is 1.05 bits per heavy atom. The van der Waals surface area contributed by atoms with Crippen LogP contribution >= 0.6 is 0 Å². The van der Waals surface area contributed by atoms with Gasteiger partial charge in [0.15, 0.2) is 0 Å². The van der Waals surface area contributed by atoms with Crippen LogP contribution in [0.15, 0.2) is 182 Å². The molecule has 0 aromatic heterocycles. The Bertz CT molecular complexity index is 4560. The highest BCUT2D eigenvalue weighted by atomic mass is 14.4. The summed E-state index contributed by atoms with van der Waals surface area (Å²) in [4.78, 5) is 0. The van der Waals surface area contributed by atoms with E-state index >= 15 is 0 Å². The minimum absolute atomic E-state index is 0.159. The Morgan fingerprint density at radius 2 is 0.661 bits per heavy atom. The number of hydrogen-bond donors (Lipinski definition) is 0. The van der Waals surface area contributed by atoms with E-state index in [1.165, 1.54) is 241 Å². The zero-order valence-corrected chi connectivity index (χ0v) is 75.8. The summed E-state index contributed by atoms with van der Waals surface area (Å²) in [6.45, 7) is 42.1. The average molecular weight is 1540 g/mol. The zero-order chi connectivity index (χ0) is 81.6. The normalized spacial score (nSPS) is 21.1. The molecule has 0 nitrogen and oxygen atoms in total. The molecule has 14 rings (SSSR count). The molecular formula is C115H154. The molecular weight excluding hydrogens is 1380 g/mol. The first-order valence-corrected chi connectivity index (χ1v) is 47.0. The van der Waals surface area contributed by atoms with Gasteiger partial charge in [-0.2, -0.15) is 0 Å². The van der Waals surface area contributed by atoms with Gasteiger partial charge < -0.3 is 0 Å². The number of rotatable bonds is 23. The van der Waals surface area contributed by atoms with Gasteiger partial charge in [0.05, 0.1) is 0 Å². The van der Waals surface area contributed by atoms with Crippen LogP contribution in [0.25, 0.3) is 0 Å². The summed E-state index contributed by atoms with van der Waals surface area (Å²) >= 11 is 0. The van der Waals surface area contributed by atoms with Gasteiger partial charge >= 0.3 is 0 Å². The summed E-state index contributed by atoms with van der Waals surface area (Å²) in [7, 11) is 0. The minimum Gasteiger partial charge on any atom is -0.0651 e. The van der Waals surface area contributed by atoms with E-state index in [0.29, 0.717) is 5.92 Å². The molecule has 0 amide bonds. The highest BCUT2D eigenvalue weighted by Gasteiger charge is 2.32. The lowest BCUT2D eigenvalue weighted by Crippen LogP contribution is -2.24. The van der Waals surface area contributed by atoms with Gasteiger partial charge in [-0.15, -0.1) is 0 Å². The lowest BCUT2D eigenvalue weighted by Gasteiger charge is -2.37. The second kappa shape index (κ2) is 40.2. The maximum absolute atomic E-state index is 2.68. The molecule has 5 aliphatic rings. The number of benzene rings is 9. The van der Waals surface area contributed by atoms with Gasteiger partial charge in [0.25, 0.3) is 0 Å². The highest BCUT2D eigenvalue weighted by Crippen LogP contribution is 2.46. The van der Waals surface area contributed by atoms with Crippen molar-refractivity contribution in [1.29, 1.82) is 0 Å². The van der Waals surface area contributed by atoms with E-state index in [0.717, 1.165) is 105 Å². The summed E-state index contributed by atoms with van der Waals surface area (Å²) in [5.41, 5.74) is 36.3. The van der Waals surface area contributed by atoms with E-state index < -0.39 is 0 Å². The average Bonchev–Trinajstić information content (AvgIpc) is 0.811. The summed E-state index contributed by atoms with van der Waals surface area (Å²) in [6, 6.07) is 71.2. The van der Waals surface area contributed by atoms with Gasteiger partial charge in [0, 0.05) is 0 Å². The Kier molecular flexibility index (Phi) is 30.5. The fraction of sp³-hybridized carbons (Fsp3) is 0.530. The van der Waals surface area contributed by atoms with Crippen LogP contribution < -0.4 is 0 Å². The first-order valence-electron chi connectivity index (χ1n) is 47.0. The lowest BCUT2D eigenvalue weighted by molar-refractivity contribution is 0.165. The van der Waals surface area contributed by atoms with Gasteiger partial charge in [-0.3, -0.25) is 0 Å². The smallest absolute Gasteiger partial charge is 0.00201 e. The monoisotopic (exact) mass is 1540 g/mol. The summed E-state index contributed by atoms with van der Waals surface area (Å²) < 4.78 is 0. The van der Waals surface area contributed by atoms with E-state index in [4.69, 9.17) is 0 Å². The van der Waals surface area contributed by atoms with Crippen LogP contribution in [-0.4, -0.2) is 0 Å². The molecule has 1 unspecified atom stereocenters. The van der Waals surface area contributed by atoms with Crippen LogP contribution in [0.4, 0.5) is 0 Å². The fourth-order valence-corrected chi connectivity index (χ4v) is 21.5. The largest absolute Gasteiger partial charge is 0.0651 e. The van der Waals surface area contributed by atoms with Gasteiger partial charge in [-0.25, -0.2) is 0 Å². The van der Waals surface area contributed by atoms with Crippen LogP contribution in [-0.2, 0) is 74.0 Å². The van der Waals surface area contributed by atoms with Crippen molar-refractivity contribution >= 4 is 0 Å². The SMILES string of the molecule is CCc1cc(C(C)CC2CCC(C)CC2)ccc1Cc1ccc(C)c(Cc2ccccc2C(C)(C)C)c1.CCc1cc(C2CCC(CC)CC2)ccc1Cc1ccc(C)c(Cc2ccccc2C(C)(C)C)c1.Cc1ccc(Cc2ccc(C3CCC(C4CCC(C)CC4)CC3)cc2CC2CCC2)cc1Cc1ccccc1C(C)(C)C. The molecule has 5 saturated carbocycles. The van der Waals surface area contributed by atoms with Gasteiger partial charge in [-0.1, -0.05) is 350 Å². The predicted octanol–water partition coefficient (Wildman–Crippen LogP) is 32.0. The summed E-state index contributed by atoms with van der Waals surface area (Å²) in [5, 5.41) is 0. The highest BCUT2D eigenvalue weighted by molar-refractivity contribution is 5.48. The quantitative estimate of drug-likeness (QED) is 0.0599. The molecule has 5 aliphatic carbocycles. The summed E-state index contributed by atoms with van der Waals surface area (Å²) in [6.07, 6.45) is 39.6. The maximum Gasteiger partial charge on any atom is -0.00201 e. The molecule has 1 atom stereocenters. The molecule has 9 aromatic carbocycles. The molecule has 0 heterocycles. The lowest BCUT2D eigenvalue weighted by atomic mass is 9.68. The molecule has 0 bridgehead atoms. The van der Waals surface area contributed by atoms with Crippen molar-refractivity contribution in [1.82, 2.24) is 0 Å². The molecule has 9 aromatic rings. The van der Waals surface area contributed by atoms with Crippen LogP contribution in [0.1, 0.15) is 390 Å². The van der Waals surface area contributed by atoms with Crippen molar-refractivity contribution in [3.8, 4) is 0 Å². The molecule has 0 saturated heterocycles. The minimum atomic E-state index is 0.159. The van der Waals surface area contributed by atoms with Crippen LogP contribution in [0.5, 0.6) is 0 Å². The van der Waals surface area contributed by atoms with E-state index in [9.17, 15) is 0 Å². The topological polar surface area (TPSA) is 0 Å². The third-order valence-corrected chi connectivity index (χ3v) is 29.5. The van der Waals surface area contributed by atoms with E-state index in [2.05, 4.69) is 307 Å². The van der Waals surface area contributed by atoms with Crippen molar-refractivity contribution in [3.63, 3.8) is 0 Å². The van der Waals surface area contributed by atoms with Gasteiger partial charge in [-0.05, 0) is 358 Å². The fourth-order valence-electron chi connectivity index (χ4n) is 21.5. The van der Waals surface area contributed by atoms with E-state index in [-0.39, 0.29) is 16.2 Å². The van der Waals surface area contributed by atoms with Crippen molar-refractivity contribution in [2.24, 2.45) is 41.4 Å². The number of aryl methyl sites for hydroxylation is 5. The van der Waals surface area contributed by atoms with Crippen molar-refractivity contribution in [2.45, 2.75) is 351 Å². The van der Waals surface area contributed by atoms with Gasteiger partial charge in [0.2, 0.25) is 0 Å². The Hall–Kier alpha value is -7.02. The molecule has 0 heteroatoms. The summed E-state index contributed by atoms with van der Waals surface area (Å²) in [5.74, 6) is 8.93. The molecule has 5 fully saturated rings. The standard InChI is InChI=1S/C43H58.C37H50.C35H46/c1-30-13-17-34(18-14-30)35-19-21-36(22-20-35)38-24-23-37(41(28-38)25-32-9-8-10-32)26-33-16-15-31(2)40(27-33)29-39-11-6-7-12-42(39)43(3,4)5;1-8-31-24-32(28(4)21-29-16-13-26(2)14-17-29)19-20-33(31)22-30-18-15-27(3)35(23-30)25-34-11-9-10-12-36(34)37(5,6)7;1-7-26-15-17-29(18-16-26)31-20-19-30(28(8-2)23-31)21-27-14-13-25(3)33(22-27)24-32-11-9-10-12-34(32)35(4,5)6/h6-7,11-12,15-16,23-24,27-28,30,32,34-36H,8-10,13-14,17-22,25-26,29H2,1-5H3;9-12,15,18-20,23-24,26,28-29H,8,13-14,16-17,21-22,25H2,1-7H3;9-14,19-20,22-23,26,29H,7-8,15-18,21,24H2,1-6H3. The van der Waals surface area contributed by atoms with Crippen molar-refractivity contribution < 1.29 is 0 Å². The number of hydrogen-bond acceptors (Lipinski definition) is 0. The molecule has 0 N–H and O–H groups in total. The van der Waals surface area contributed by atoms with Crippen molar-refractivity contribution in [2.75, 3.05) is 0 Å². The Balaban J connectivity index is 0.000000160. The molecule has 115 heavy (non-hydrogen) atoms. The van der Waals surface area contributed by atoms with Crippen LogP contribution in [0.3, 0.4) is 0 Å². The zero-order valence-electron chi connectivity index (χ0n) is 75.8. The van der Waals surface area contributed by atoms with E-state index in [1.54, 1.807) is 33.4 Å². The maximum atomic E-state index is 2.68. The Morgan fingerprint density at radius 1 is 0.304 bits per heavy atom. The third-order valence-electron chi connectivity index (χ3n) is 29.5. The molecule has 614 valence electrons. The second-order valence-corrected chi connectivity index (χ2v) is 41.4. The Labute approximate surface area is 703 Å². The molecule has 0 spiro atoms. The van der Waals surface area contributed by atoms with Gasteiger partial charge in [0.1, 0.15) is 0 Å². The van der Waals surface area contributed by atoms with E-state index in [1.807, 2.05) is 0 Å². The first-order chi connectivity index (χ1) is 55.1. The second-order valence-electron chi connectivity index (χ2n) is 41.4. The third kappa shape index (κ3) is 23.9. The van der Waals surface area contributed by atoms with Crippen LogP contribution in [0.2, 0.25) is 0 Å².